The van der Waals surface area contributed by atoms with Crippen molar-refractivity contribution in [1.29, 1.82) is 0 Å². The maximum atomic E-state index is 2.36. The average molecular weight is 243 g/mol. The Morgan fingerprint density at radius 2 is 1.94 bits per heavy atom. The van der Waals surface area contributed by atoms with Gasteiger partial charge in [-0.2, -0.15) is 0 Å². The second kappa shape index (κ2) is 4.79. The summed E-state index contributed by atoms with van der Waals surface area (Å²) in [5.74, 6) is 0.636. The number of rotatable bonds is 3. The zero-order valence-electron chi connectivity index (χ0n) is 12.3. The van der Waals surface area contributed by atoms with Gasteiger partial charge in [0.25, 0.3) is 0 Å². The molecule has 2 aromatic rings. The summed E-state index contributed by atoms with van der Waals surface area (Å²) in [6.07, 6.45) is 6.98. The van der Waals surface area contributed by atoms with E-state index in [-0.39, 0.29) is 5.41 Å². The van der Waals surface area contributed by atoms with Gasteiger partial charge in [0.1, 0.15) is 0 Å². The molecule has 2 rings (SSSR count). The highest BCUT2D eigenvalue weighted by Crippen LogP contribution is 2.36. The van der Waals surface area contributed by atoms with Crippen molar-refractivity contribution in [2.75, 3.05) is 0 Å². The molecule has 0 N–H and O–H groups in total. The van der Waals surface area contributed by atoms with Crippen LogP contribution in [0.25, 0.3) is 5.52 Å². The summed E-state index contributed by atoms with van der Waals surface area (Å²) in [4.78, 5) is 0. The van der Waals surface area contributed by atoms with E-state index in [4.69, 9.17) is 0 Å². The summed E-state index contributed by atoms with van der Waals surface area (Å²) in [6, 6.07) is 6.49. The molecule has 0 saturated carbocycles. The minimum absolute atomic E-state index is 0.212. The lowest BCUT2D eigenvalue weighted by Gasteiger charge is -2.22. The molecule has 18 heavy (non-hydrogen) atoms. The third-order valence-electron chi connectivity index (χ3n) is 3.75. The maximum Gasteiger partial charge on any atom is 0.0487 e. The van der Waals surface area contributed by atoms with Gasteiger partial charge in [0.15, 0.2) is 0 Å². The third-order valence-corrected chi connectivity index (χ3v) is 3.75. The van der Waals surface area contributed by atoms with Crippen LogP contribution >= 0.6 is 0 Å². The highest BCUT2D eigenvalue weighted by atomic mass is 14.9. The largest absolute Gasteiger partial charge is 0.323 e. The topological polar surface area (TPSA) is 4.41 Å². The molecule has 1 nitrogen and oxygen atoms in total. The molecule has 0 aromatic carbocycles. The summed E-state index contributed by atoms with van der Waals surface area (Å²) in [7, 11) is 0. The van der Waals surface area contributed by atoms with E-state index >= 15 is 0 Å². The molecule has 0 radical (unpaired) electrons. The molecule has 0 aliphatic heterocycles. The summed E-state index contributed by atoms with van der Waals surface area (Å²) < 4.78 is 2.28. The molecule has 0 aliphatic rings. The van der Waals surface area contributed by atoms with E-state index in [9.17, 15) is 0 Å². The van der Waals surface area contributed by atoms with Crippen molar-refractivity contribution >= 4 is 5.52 Å². The molecule has 0 amide bonds. The quantitative estimate of drug-likeness (QED) is 0.703. The fraction of sp³-hybridized carbons (Fsp3) is 0.529. The van der Waals surface area contributed by atoms with Gasteiger partial charge in [-0.15, -0.1) is 0 Å². The van der Waals surface area contributed by atoms with E-state index < -0.39 is 0 Å². The molecule has 0 bridgehead atoms. The smallest absolute Gasteiger partial charge is 0.0487 e. The van der Waals surface area contributed by atoms with Gasteiger partial charge in [-0.05, 0) is 41.0 Å². The van der Waals surface area contributed by atoms with Gasteiger partial charge in [-0.3, -0.25) is 0 Å². The van der Waals surface area contributed by atoms with Crippen LogP contribution in [-0.4, -0.2) is 4.40 Å². The van der Waals surface area contributed by atoms with Gasteiger partial charge in [0.2, 0.25) is 0 Å². The van der Waals surface area contributed by atoms with Gasteiger partial charge in [-0.1, -0.05) is 47.1 Å². The van der Waals surface area contributed by atoms with Crippen LogP contribution in [0, 0.1) is 0 Å². The Morgan fingerprint density at radius 3 is 2.56 bits per heavy atom. The van der Waals surface area contributed by atoms with Crippen molar-refractivity contribution < 1.29 is 0 Å². The molecule has 1 unspecified atom stereocenters. The van der Waals surface area contributed by atoms with Crippen LogP contribution in [0.2, 0.25) is 0 Å². The van der Waals surface area contributed by atoms with Crippen molar-refractivity contribution in [3.05, 3.63) is 41.7 Å². The van der Waals surface area contributed by atoms with Gasteiger partial charge in [0, 0.05) is 17.9 Å². The van der Waals surface area contributed by atoms with Gasteiger partial charge in [0.05, 0.1) is 0 Å². The Kier molecular flexibility index (Phi) is 3.52. The fourth-order valence-corrected chi connectivity index (χ4v) is 2.84. The molecule has 0 aliphatic carbocycles. The highest BCUT2D eigenvalue weighted by molar-refractivity contribution is 5.62. The van der Waals surface area contributed by atoms with Crippen molar-refractivity contribution in [3.8, 4) is 0 Å². The molecule has 0 saturated heterocycles. The second-order valence-electron chi connectivity index (χ2n) is 6.39. The number of nitrogens with zero attached hydrogens (tertiary/aromatic N) is 1. The molecule has 1 heteroatoms. The monoisotopic (exact) mass is 243 g/mol. The van der Waals surface area contributed by atoms with Crippen molar-refractivity contribution in [2.45, 2.75) is 58.8 Å². The van der Waals surface area contributed by atoms with E-state index in [1.54, 1.807) is 5.56 Å². The molecule has 98 valence electrons. The first-order valence-corrected chi connectivity index (χ1v) is 7.05. The first-order valence-electron chi connectivity index (χ1n) is 7.05. The summed E-state index contributed by atoms with van der Waals surface area (Å²) in [5, 5.41) is 0. The van der Waals surface area contributed by atoms with E-state index in [1.165, 1.54) is 23.9 Å². The number of aromatic nitrogens is 1. The number of fused-ring (bicyclic) bond motifs is 1. The summed E-state index contributed by atoms with van der Waals surface area (Å²) in [6.45, 7) is 11.6. The summed E-state index contributed by atoms with van der Waals surface area (Å²) >= 11 is 0. The van der Waals surface area contributed by atoms with Crippen LogP contribution in [-0.2, 0) is 5.41 Å². The Balaban J connectivity index is 2.65. The predicted molar refractivity (Wildman–Crippen MR) is 79.4 cm³/mol. The Morgan fingerprint density at radius 1 is 1.22 bits per heavy atom. The standard InChI is InChI=1S/C17H25N/c1-6-9-13(2)16-14(17(3,4)5)12-18-11-8-7-10-15(16)18/h7-8,10-13H,6,9H2,1-5H3. The zero-order chi connectivity index (χ0) is 13.3. The van der Waals surface area contributed by atoms with Crippen LogP contribution in [0.3, 0.4) is 0 Å². The van der Waals surface area contributed by atoms with Crippen molar-refractivity contribution in [1.82, 2.24) is 4.40 Å². The van der Waals surface area contributed by atoms with Crippen LogP contribution in [0.15, 0.2) is 30.6 Å². The predicted octanol–water partition coefficient (Wildman–Crippen LogP) is 5.14. The molecular weight excluding hydrogens is 218 g/mol. The lowest BCUT2D eigenvalue weighted by atomic mass is 9.81. The lowest BCUT2D eigenvalue weighted by Crippen LogP contribution is -2.13. The van der Waals surface area contributed by atoms with Gasteiger partial charge in [-0.25, -0.2) is 0 Å². The third kappa shape index (κ3) is 2.31. The molecule has 0 spiro atoms. The Hall–Kier alpha value is -1.24. The molecule has 1 atom stereocenters. The van der Waals surface area contributed by atoms with Crippen LogP contribution in [0.4, 0.5) is 0 Å². The van der Waals surface area contributed by atoms with E-state index in [1.807, 2.05) is 0 Å². The Labute approximate surface area is 111 Å². The van der Waals surface area contributed by atoms with Crippen LogP contribution in [0.5, 0.6) is 0 Å². The fourth-order valence-electron chi connectivity index (χ4n) is 2.84. The zero-order valence-corrected chi connectivity index (χ0v) is 12.3. The second-order valence-corrected chi connectivity index (χ2v) is 6.39. The Bertz CT molecular complexity index is 528. The minimum Gasteiger partial charge on any atom is -0.323 e. The molecule has 2 aromatic heterocycles. The molecule has 2 heterocycles. The summed E-state index contributed by atoms with van der Waals surface area (Å²) in [5.41, 5.74) is 4.63. The van der Waals surface area contributed by atoms with Crippen molar-refractivity contribution in [2.24, 2.45) is 0 Å². The molecule has 0 fully saturated rings. The number of pyridine rings is 1. The van der Waals surface area contributed by atoms with Gasteiger partial charge < -0.3 is 4.40 Å². The first-order chi connectivity index (χ1) is 8.45. The normalized spacial score (nSPS) is 14.1. The van der Waals surface area contributed by atoms with Gasteiger partial charge >= 0.3 is 0 Å². The average Bonchev–Trinajstić information content (AvgIpc) is 2.68. The van der Waals surface area contributed by atoms with Crippen LogP contribution < -0.4 is 0 Å². The SMILES string of the molecule is CCCC(C)c1c(C(C)(C)C)cn2ccccc12. The van der Waals surface area contributed by atoms with E-state index in [2.05, 4.69) is 69.6 Å². The maximum absolute atomic E-state index is 2.36. The first kappa shape index (κ1) is 13.2. The van der Waals surface area contributed by atoms with E-state index in [0.29, 0.717) is 5.92 Å². The lowest BCUT2D eigenvalue weighted by molar-refractivity contribution is 0.568. The number of hydrogen-bond donors (Lipinski definition) is 0. The van der Waals surface area contributed by atoms with E-state index in [0.717, 1.165) is 0 Å². The molecular formula is C17H25N. The minimum atomic E-state index is 0.212. The van der Waals surface area contributed by atoms with Crippen molar-refractivity contribution in [3.63, 3.8) is 0 Å². The number of hydrogen-bond acceptors (Lipinski definition) is 0. The highest BCUT2D eigenvalue weighted by Gasteiger charge is 2.24. The van der Waals surface area contributed by atoms with Crippen LogP contribution in [0.1, 0.15) is 64.5 Å².